The maximum absolute atomic E-state index is 14.0. The van der Waals surface area contributed by atoms with Crippen molar-refractivity contribution in [2.45, 2.75) is 71.1 Å². The Bertz CT molecular complexity index is 1480. The molecule has 0 N–H and O–H groups in total. The third-order valence-corrected chi connectivity index (χ3v) is 9.49. The lowest BCUT2D eigenvalue weighted by atomic mass is 9.60. The lowest BCUT2D eigenvalue weighted by Crippen LogP contribution is -2.48. The molecule has 0 bridgehead atoms. The van der Waals surface area contributed by atoms with Crippen molar-refractivity contribution in [1.82, 2.24) is 15.0 Å². The van der Waals surface area contributed by atoms with Crippen LogP contribution in [0.2, 0.25) is 0 Å². The quantitative estimate of drug-likeness (QED) is 0.372. The summed E-state index contributed by atoms with van der Waals surface area (Å²) < 4.78 is 24.1. The molecule has 1 aromatic carbocycles. The van der Waals surface area contributed by atoms with Gasteiger partial charge in [0.05, 0.1) is 27.5 Å². The molecule has 1 aliphatic rings. The van der Waals surface area contributed by atoms with Gasteiger partial charge in [-0.25, -0.2) is 23.4 Å². The fraction of sp³-hybridized carbons (Fsp3) is 0.433. The average Bonchev–Trinajstić information content (AvgIpc) is 2.88. The van der Waals surface area contributed by atoms with Crippen LogP contribution in [0.15, 0.2) is 47.4 Å². The minimum absolute atomic E-state index is 0.0245. The zero-order valence-electron chi connectivity index (χ0n) is 22.9. The highest BCUT2D eigenvalue weighted by Gasteiger charge is 2.50. The lowest BCUT2D eigenvalue weighted by Gasteiger charge is -2.42. The van der Waals surface area contributed by atoms with Crippen LogP contribution >= 0.6 is 0 Å². The van der Waals surface area contributed by atoms with Crippen LogP contribution < -0.4 is 0 Å². The minimum Gasteiger partial charge on any atom is -0.293 e. The SMILES string of the molecule is CCS(=O)(=O)c1ccc(CCC(=O)c2ccc3c(n2)CC(C(C)C)C(C)(c2cc(C)nc(C)n2)C3=O)cc1. The first-order chi connectivity index (χ1) is 17.9. The van der Waals surface area contributed by atoms with Gasteiger partial charge >= 0.3 is 0 Å². The smallest absolute Gasteiger partial charge is 0.181 e. The Morgan fingerprint density at radius 1 is 1.05 bits per heavy atom. The van der Waals surface area contributed by atoms with Gasteiger partial charge in [0.1, 0.15) is 11.5 Å². The highest BCUT2D eigenvalue weighted by atomic mass is 32.2. The highest BCUT2D eigenvalue weighted by Crippen LogP contribution is 2.44. The Morgan fingerprint density at radius 3 is 2.34 bits per heavy atom. The molecule has 7 nitrogen and oxygen atoms in total. The summed E-state index contributed by atoms with van der Waals surface area (Å²) in [6, 6.07) is 12.0. The molecule has 2 heterocycles. The predicted molar refractivity (Wildman–Crippen MR) is 146 cm³/mol. The van der Waals surface area contributed by atoms with E-state index in [9.17, 15) is 18.0 Å². The molecule has 38 heavy (non-hydrogen) atoms. The van der Waals surface area contributed by atoms with Gasteiger partial charge in [-0.15, -0.1) is 0 Å². The molecule has 0 saturated heterocycles. The molecule has 4 rings (SSSR count). The van der Waals surface area contributed by atoms with Crippen LogP contribution in [0, 0.1) is 25.7 Å². The van der Waals surface area contributed by atoms with Gasteiger partial charge in [0.25, 0.3) is 0 Å². The van der Waals surface area contributed by atoms with E-state index in [2.05, 4.69) is 28.8 Å². The lowest BCUT2D eigenvalue weighted by molar-refractivity contribution is 0.0757. The summed E-state index contributed by atoms with van der Waals surface area (Å²) >= 11 is 0. The molecule has 2 aromatic heterocycles. The normalized spacial score (nSPS) is 19.4. The summed E-state index contributed by atoms with van der Waals surface area (Å²) in [5.41, 5.74) is 3.18. The van der Waals surface area contributed by atoms with Gasteiger partial charge in [-0.1, -0.05) is 32.9 Å². The molecule has 1 aliphatic carbocycles. The molecule has 0 radical (unpaired) electrons. The molecule has 8 heteroatoms. The summed E-state index contributed by atoms with van der Waals surface area (Å²) in [5, 5.41) is 0. The first kappa shape index (κ1) is 27.8. The second-order valence-electron chi connectivity index (χ2n) is 10.7. The number of nitrogens with zero attached hydrogens (tertiary/aromatic N) is 3. The Labute approximate surface area is 225 Å². The largest absolute Gasteiger partial charge is 0.293 e. The summed E-state index contributed by atoms with van der Waals surface area (Å²) in [7, 11) is -3.26. The summed E-state index contributed by atoms with van der Waals surface area (Å²) in [6.07, 6.45) is 1.29. The first-order valence-corrected chi connectivity index (χ1v) is 14.7. The maximum atomic E-state index is 14.0. The van der Waals surface area contributed by atoms with Crippen molar-refractivity contribution in [3.05, 3.63) is 82.2 Å². The third-order valence-electron chi connectivity index (χ3n) is 7.74. The number of ketones is 2. The Hall–Kier alpha value is -3.26. The monoisotopic (exact) mass is 533 g/mol. The molecule has 2 atom stereocenters. The van der Waals surface area contributed by atoms with Crippen LogP contribution in [-0.4, -0.2) is 40.7 Å². The molecule has 200 valence electrons. The molecule has 3 aromatic rings. The van der Waals surface area contributed by atoms with Gasteiger partial charge in [-0.3, -0.25) is 9.59 Å². The van der Waals surface area contributed by atoms with Gasteiger partial charge in [-0.05, 0) is 81.3 Å². The van der Waals surface area contributed by atoms with Gasteiger partial charge < -0.3 is 0 Å². The van der Waals surface area contributed by atoms with E-state index in [1.807, 2.05) is 26.8 Å². The number of aryl methyl sites for hydroxylation is 3. The Morgan fingerprint density at radius 2 is 1.74 bits per heavy atom. The fourth-order valence-electron chi connectivity index (χ4n) is 5.49. The number of sulfone groups is 1. The maximum Gasteiger partial charge on any atom is 0.181 e. The Kier molecular flexibility index (Phi) is 7.66. The zero-order valence-corrected chi connectivity index (χ0v) is 23.7. The molecule has 0 fully saturated rings. The van der Waals surface area contributed by atoms with Crippen molar-refractivity contribution in [1.29, 1.82) is 0 Å². The van der Waals surface area contributed by atoms with Crippen molar-refractivity contribution >= 4 is 21.4 Å². The standard InChI is InChI=1S/C30H35N3O4S/c1-7-38(36,37)22-11-8-21(9-12-22)10-15-27(34)25-14-13-23-26(33-25)17-24(18(2)3)30(6,29(23)35)28-16-19(4)31-20(5)32-28/h8-9,11-14,16,18,24H,7,10,15,17H2,1-6H3. The van der Waals surface area contributed by atoms with E-state index in [-0.39, 0.29) is 40.5 Å². The van der Waals surface area contributed by atoms with Crippen molar-refractivity contribution in [2.75, 3.05) is 5.75 Å². The topological polar surface area (TPSA) is 107 Å². The van der Waals surface area contributed by atoms with Crippen molar-refractivity contribution in [3.8, 4) is 0 Å². The third kappa shape index (κ3) is 5.19. The average molecular weight is 534 g/mol. The van der Waals surface area contributed by atoms with E-state index in [1.165, 1.54) is 0 Å². The second-order valence-corrected chi connectivity index (χ2v) is 13.0. The van der Waals surface area contributed by atoms with E-state index < -0.39 is 15.3 Å². The van der Waals surface area contributed by atoms with E-state index in [1.54, 1.807) is 43.3 Å². The number of fused-ring (bicyclic) bond motifs is 1. The fourth-order valence-corrected chi connectivity index (χ4v) is 6.37. The van der Waals surface area contributed by atoms with Crippen LogP contribution in [0.1, 0.15) is 83.4 Å². The van der Waals surface area contributed by atoms with Crippen LogP contribution in [0.5, 0.6) is 0 Å². The van der Waals surface area contributed by atoms with E-state index in [0.717, 1.165) is 17.0 Å². The first-order valence-electron chi connectivity index (χ1n) is 13.1. The van der Waals surface area contributed by atoms with Crippen LogP contribution in [-0.2, 0) is 28.1 Å². The molecular weight excluding hydrogens is 498 g/mol. The van der Waals surface area contributed by atoms with Crippen molar-refractivity contribution in [3.63, 3.8) is 0 Å². The molecule has 0 saturated carbocycles. The number of rotatable bonds is 8. The van der Waals surface area contributed by atoms with E-state index in [0.29, 0.717) is 35.6 Å². The molecular formula is C30H35N3O4S. The predicted octanol–water partition coefficient (Wildman–Crippen LogP) is 5.07. The molecule has 2 unspecified atom stereocenters. The van der Waals surface area contributed by atoms with E-state index in [4.69, 9.17) is 0 Å². The van der Waals surface area contributed by atoms with Crippen molar-refractivity contribution in [2.24, 2.45) is 11.8 Å². The zero-order chi connectivity index (χ0) is 27.8. The number of benzene rings is 1. The number of pyridine rings is 1. The van der Waals surface area contributed by atoms with Gasteiger partial charge in [0.2, 0.25) is 0 Å². The van der Waals surface area contributed by atoms with Crippen molar-refractivity contribution < 1.29 is 18.0 Å². The second kappa shape index (κ2) is 10.5. The van der Waals surface area contributed by atoms with Crippen LogP contribution in [0.25, 0.3) is 0 Å². The van der Waals surface area contributed by atoms with Gasteiger partial charge in [0, 0.05) is 17.7 Å². The number of hydrogen-bond donors (Lipinski definition) is 0. The number of carbonyl (C=O) groups excluding carboxylic acids is 2. The minimum atomic E-state index is -3.26. The number of Topliss-reactive ketones (excluding diaryl/α,β-unsaturated/α-hetero) is 2. The molecule has 0 spiro atoms. The Balaban J connectivity index is 1.58. The van der Waals surface area contributed by atoms with Gasteiger partial charge in [0.15, 0.2) is 21.4 Å². The molecule has 0 amide bonds. The summed E-state index contributed by atoms with van der Waals surface area (Å²) in [6.45, 7) is 11.5. The number of carbonyl (C=O) groups is 2. The van der Waals surface area contributed by atoms with Crippen LogP contribution in [0.3, 0.4) is 0 Å². The van der Waals surface area contributed by atoms with Crippen LogP contribution in [0.4, 0.5) is 0 Å². The summed E-state index contributed by atoms with van der Waals surface area (Å²) in [5.74, 6) is 0.709. The molecule has 0 aliphatic heterocycles. The summed E-state index contributed by atoms with van der Waals surface area (Å²) in [4.78, 5) is 41.0. The number of hydrogen-bond acceptors (Lipinski definition) is 7. The van der Waals surface area contributed by atoms with E-state index >= 15 is 0 Å². The number of aromatic nitrogens is 3. The highest BCUT2D eigenvalue weighted by molar-refractivity contribution is 7.91. The van der Waals surface area contributed by atoms with Gasteiger partial charge in [-0.2, -0.15) is 0 Å².